The quantitative estimate of drug-likeness (QED) is 0.311. The van der Waals surface area contributed by atoms with Gasteiger partial charge in [-0.15, -0.1) is 0 Å². The first-order valence-corrected chi connectivity index (χ1v) is 13.3. The van der Waals surface area contributed by atoms with Gasteiger partial charge in [0.25, 0.3) is 0 Å². The predicted molar refractivity (Wildman–Crippen MR) is 146 cm³/mol. The number of unbranched alkanes of at least 4 members (excludes halogenated alkanes) is 1. The highest BCUT2D eigenvalue weighted by molar-refractivity contribution is 6.30. The minimum absolute atomic E-state index is 0.00521. The number of hydrogen-bond acceptors (Lipinski definition) is 3. The second-order valence-corrected chi connectivity index (χ2v) is 11.2. The Balaban J connectivity index is 1.64. The van der Waals surface area contributed by atoms with Crippen LogP contribution in [0.3, 0.4) is 0 Å². The summed E-state index contributed by atoms with van der Waals surface area (Å²) in [5.74, 6) is 1.01. The number of aromatic nitrogens is 2. The van der Waals surface area contributed by atoms with Crippen molar-refractivity contribution in [1.82, 2.24) is 14.5 Å². The molecule has 0 fully saturated rings. The molecule has 4 rings (SSSR count). The van der Waals surface area contributed by atoms with E-state index in [9.17, 15) is 0 Å². The molecule has 0 bridgehead atoms. The topological polar surface area (TPSA) is 30.3 Å². The largest absolute Gasteiger partial charge is 0.362 e. The molecule has 2 aromatic carbocycles. The standard InChI is InChI=1S/C30H40ClN3O/c1-7-8-17-34-25(27(31)32-28(34)26-21(2)12-11-13-22(26)3)19-30(4,5)20-33-18-16-23-14-9-10-15-24(23)29(33)35-6/h9-15,29H,7-8,16-20H2,1-6H3. The summed E-state index contributed by atoms with van der Waals surface area (Å²) in [6.45, 7) is 14.1. The molecule has 0 saturated heterocycles. The van der Waals surface area contributed by atoms with Gasteiger partial charge in [-0.25, -0.2) is 4.98 Å². The van der Waals surface area contributed by atoms with Crippen LogP contribution < -0.4 is 0 Å². The number of nitrogens with zero attached hydrogens (tertiary/aromatic N) is 3. The minimum Gasteiger partial charge on any atom is -0.362 e. The van der Waals surface area contributed by atoms with Crippen molar-refractivity contribution >= 4 is 11.6 Å². The zero-order valence-corrected chi connectivity index (χ0v) is 23.0. The molecule has 4 nitrogen and oxygen atoms in total. The molecular weight excluding hydrogens is 454 g/mol. The molecule has 1 unspecified atom stereocenters. The summed E-state index contributed by atoms with van der Waals surface area (Å²) in [6.07, 6.45) is 4.14. The van der Waals surface area contributed by atoms with Gasteiger partial charge in [0.15, 0.2) is 5.15 Å². The van der Waals surface area contributed by atoms with Crippen LogP contribution in [-0.2, 0) is 24.1 Å². The van der Waals surface area contributed by atoms with E-state index in [1.165, 1.54) is 27.8 Å². The maximum absolute atomic E-state index is 6.89. The van der Waals surface area contributed by atoms with Gasteiger partial charge in [0.2, 0.25) is 0 Å². The van der Waals surface area contributed by atoms with E-state index in [2.05, 4.69) is 86.6 Å². The number of rotatable bonds is 9. The average Bonchev–Trinajstić information content (AvgIpc) is 3.11. The minimum atomic E-state index is -0.00937. The number of methoxy groups -OCH3 is 1. The van der Waals surface area contributed by atoms with E-state index in [1.807, 2.05) is 7.11 Å². The Hall–Kier alpha value is -2.14. The molecule has 5 heteroatoms. The smallest absolute Gasteiger partial charge is 0.150 e. The predicted octanol–water partition coefficient (Wildman–Crippen LogP) is 7.39. The van der Waals surface area contributed by atoms with Crippen LogP contribution in [0.15, 0.2) is 42.5 Å². The fraction of sp³-hybridized carbons (Fsp3) is 0.500. The van der Waals surface area contributed by atoms with Gasteiger partial charge in [-0.2, -0.15) is 0 Å². The first-order valence-electron chi connectivity index (χ1n) is 12.9. The van der Waals surface area contributed by atoms with Gasteiger partial charge >= 0.3 is 0 Å². The van der Waals surface area contributed by atoms with E-state index >= 15 is 0 Å². The normalized spacial score (nSPS) is 16.5. The molecule has 3 aromatic rings. The van der Waals surface area contributed by atoms with Gasteiger partial charge in [-0.05, 0) is 60.8 Å². The zero-order valence-electron chi connectivity index (χ0n) is 22.2. The number of halogens is 1. The highest BCUT2D eigenvalue weighted by Gasteiger charge is 2.33. The highest BCUT2D eigenvalue weighted by atomic mass is 35.5. The summed E-state index contributed by atoms with van der Waals surface area (Å²) in [6, 6.07) is 15.1. The Labute approximate surface area is 216 Å². The summed E-state index contributed by atoms with van der Waals surface area (Å²) in [4.78, 5) is 7.42. The summed E-state index contributed by atoms with van der Waals surface area (Å²) in [5.41, 5.74) is 7.52. The summed E-state index contributed by atoms with van der Waals surface area (Å²) in [5, 5.41) is 0.638. The number of aryl methyl sites for hydroxylation is 2. The average molecular weight is 494 g/mol. The molecule has 1 aliphatic heterocycles. The molecule has 1 aromatic heterocycles. The number of imidazole rings is 1. The van der Waals surface area contributed by atoms with E-state index in [-0.39, 0.29) is 11.6 Å². The molecule has 1 aliphatic rings. The second-order valence-electron chi connectivity index (χ2n) is 10.8. The third kappa shape index (κ3) is 5.50. The molecule has 0 amide bonds. The molecular formula is C30H40ClN3O. The van der Waals surface area contributed by atoms with Crippen LogP contribution >= 0.6 is 11.6 Å². The first kappa shape index (κ1) is 25.9. The van der Waals surface area contributed by atoms with Crippen LogP contribution in [0.4, 0.5) is 0 Å². The van der Waals surface area contributed by atoms with Crippen molar-refractivity contribution < 1.29 is 4.74 Å². The molecule has 188 valence electrons. The number of fused-ring (bicyclic) bond motifs is 1. The van der Waals surface area contributed by atoms with E-state index in [1.54, 1.807) is 0 Å². The number of ether oxygens (including phenoxy) is 1. The molecule has 2 heterocycles. The van der Waals surface area contributed by atoms with Crippen LogP contribution in [0, 0.1) is 19.3 Å². The van der Waals surface area contributed by atoms with Crippen molar-refractivity contribution in [3.05, 3.63) is 75.6 Å². The van der Waals surface area contributed by atoms with Crippen LogP contribution in [0.2, 0.25) is 5.15 Å². The Bertz CT molecular complexity index is 1150. The Kier molecular flexibility index (Phi) is 8.05. The zero-order chi connectivity index (χ0) is 25.2. The van der Waals surface area contributed by atoms with Gasteiger partial charge in [0.05, 0.1) is 5.69 Å². The van der Waals surface area contributed by atoms with Crippen molar-refractivity contribution in [2.75, 3.05) is 20.2 Å². The van der Waals surface area contributed by atoms with Gasteiger partial charge in [-0.3, -0.25) is 4.90 Å². The van der Waals surface area contributed by atoms with E-state index < -0.39 is 0 Å². The number of hydrogen-bond donors (Lipinski definition) is 0. The van der Waals surface area contributed by atoms with Crippen LogP contribution in [0.1, 0.15) is 67.8 Å². The van der Waals surface area contributed by atoms with Crippen LogP contribution in [0.25, 0.3) is 11.4 Å². The fourth-order valence-electron chi connectivity index (χ4n) is 5.62. The second kappa shape index (κ2) is 10.9. The maximum atomic E-state index is 6.89. The Morgan fingerprint density at radius 1 is 1.09 bits per heavy atom. The Morgan fingerprint density at radius 3 is 2.49 bits per heavy atom. The van der Waals surface area contributed by atoms with Crippen molar-refractivity contribution in [3.63, 3.8) is 0 Å². The summed E-state index contributed by atoms with van der Waals surface area (Å²) < 4.78 is 8.39. The first-order chi connectivity index (χ1) is 16.8. The lowest BCUT2D eigenvalue weighted by molar-refractivity contribution is -0.0576. The van der Waals surface area contributed by atoms with E-state index in [0.717, 1.165) is 56.8 Å². The van der Waals surface area contributed by atoms with Crippen molar-refractivity contribution in [2.45, 2.75) is 73.1 Å². The molecule has 35 heavy (non-hydrogen) atoms. The van der Waals surface area contributed by atoms with Gasteiger partial charge in [0.1, 0.15) is 12.1 Å². The Morgan fingerprint density at radius 2 is 1.80 bits per heavy atom. The lowest BCUT2D eigenvalue weighted by atomic mass is 9.85. The maximum Gasteiger partial charge on any atom is 0.150 e. The van der Waals surface area contributed by atoms with Crippen LogP contribution in [-0.4, -0.2) is 34.7 Å². The van der Waals surface area contributed by atoms with Crippen molar-refractivity contribution in [1.29, 1.82) is 0 Å². The summed E-state index contributed by atoms with van der Waals surface area (Å²) in [7, 11) is 1.82. The molecule has 0 saturated carbocycles. The highest BCUT2D eigenvalue weighted by Crippen LogP contribution is 2.37. The van der Waals surface area contributed by atoms with E-state index in [4.69, 9.17) is 21.3 Å². The third-order valence-corrected chi connectivity index (χ3v) is 7.59. The molecule has 0 aliphatic carbocycles. The van der Waals surface area contributed by atoms with E-state index in [0.29, 0.717) is 5.15 Å². The SMILES string of the molecule is CCCCn1c(-c2c(C)cccc2C)nc(Cl)c1CC(C)(C)CN1CCc2ccccc2C1OC. The monoisotopic (exact) mass is 493 g/mol. The fourth-order valence-corrected chi connectivity index (χ4v) is 5.87. The molecule has 0 radical (unpaired) electrons. The van der Waals surface area contributed by atoms with Gasteiger partial charge in [-0.1, -0.05) is 81.3 Å². The summed E-state index contributed by atoms with van der Waals surface area (Å²) >= 11 is 6.89. The lowest BCUT2D eigenvalue weighted by Crippen LogP contribution is -2.43. The van der Waals surface area contributed by atoms with Gasteiger partial charge in [0, 0.05) is 32.3 Å². The number of benzene rings is 2. The molecule has 0 N–H and O–H groups in total. The molecule has 0 spiro atoms. The van der Waals surface area contributed by atoms with Crippen molar-refractivity contribution in [3.8, 4) is 11.4 Å². The third-order valence-electron chi connectivity index (χ3n) is 7.29. The van der Waals surface area contributed by atoms with Gasteiger partial charge < -0.3 is 9.30 Å². The van der Waals surface area contributed by atoms with Crippen LogP contribution in [0.5, 0.6) is 0 Å². The lowest BCUT2D eigenvalue weighted by Gasteiger charge is -2.40. The van der Waals surface area contributed by atoms with Crippen molar-refractivity contribution in [2.24, 2.45) is 5.41 Å². The molecule has 1 atom stereocenters.